The van der Waals surface area contributed by atoms with Crippen LogP contribution in [0, 0.1) is 0 Å². The van der Waals surface area contributed by atoms with Gasteiger partial charge in [-0.3, -0.25) is 4.79 Å². The Morgan fingerprint density at radius 2 is 2.21 bits per heavy atom. The number of ketones is 1. The summed E-state index contributed by atoms with van der Waals surface area (Å²) in [5.41, 5.74) is 0.299. The third-order valence-electron chi connectivity index (χ3n) is 1.73. The minimum atomic E-state index is -0.187. The molecule has 0 aliphatic rings. The number of hydrogen-bond donors (Lipinski definition) is 1. The van der Waals surface area contributed by atoms with E-state index in [1.54, 1.807) is 6.92 Å². The fourth-order valence-electron chi connectivity index (χ4n) is 1.08. The van der Waals surface area contributed by atoms with Crippen LogP contribution >= 0.6 is 11.6 Å². The van der Waals surface area contributed by atoms with Crippen molar-refractivity contribution in [2.75, 3.05) is 6.61 Å². The molecule has 0 radical (unpaired) electrons. The predicted octanol–water partition coefficient (Wildman–Crippen LogP) is 2.65. The molecule has 1 aromatic carbocycles. The van der Waals surface area contributed by atoms with Gasteiger partial charge in [-0.2, -0.15) is 0 Å². The highest BCUT2D eigenvalue weighted by atomic mass is 35.5. The fraction of sp³-hybridized carbons (Fsp3) is 0.300. The first-order chi connectivity index (χ1) is 6.56. The number of benzene rings is 1. The van der Waals surface area contributed by atoms with Crippen LogP contribution in [-0.4, -0.2) is 17.5 Å². The summed E-state index contributed by atoms with van der Waals surface area (Å²) in [6, 6.07) is 2.76. The van der Waals surface area contributed by atoms with Crippen LogP contribution < -0.4 is 4.74 Å². The summed E-state index contributed by atoms with van der Waals surface area (Å²) in [6.07, 6.45) is 0. The number of phenols is 1. The molecule has 0 amide bonds. The Labute approximate surface area is 87.3 Å². The van der Waals surface area contributed by atoms with Crippen molar-refractivity contribution in [3.05, 3.63) is 22.7 Å². The molecule has 0 spiro atoms. The van der Waals surface area contributed by atoms with E-state index < -0.39 is 0 Å². The summed E-state index contributed by atoms with van der Waals surface area (Å²) in [5.74, 6) is 0.0392. The zero-order valence-corrected chi connectivity index (χ0v) is 8.76. The lowest BCUT2D eigenvalue weighted by Gasteiger charge is -2.08. The van der Waals surface area contributed by atoms with Gasteiger partial charge in [-0.1, -0.05) is 11.6 Å². The molecule has 0 aliphatic heterocycles. The second-order valence-corrected chi connectivity index (χ2v) is 3.20. The largest absolute Gasteiger partial charge is 0.504 e. The first-order valence-electron chi connectivity index (χ1n) is 4.22. The lowest BCUT2D eigenvalue weighted by Crippen LogP contribution is -1.96. The summed E-state index contributed by atoms with van der Waals surface area (Å²) in [6.45, 7) is 3.62. The van der Waals surface area contributed by atoms with Gasteiger partial charge in [0, 0.05) is 11.6 Å². The summed E-state index contributed by atoms with van der Waals surface area (Å²) in [4.78, 5) is 11.1. The van der Waals surface area contributed by atoms with Gasteiger partial charge in [0.05, 0.1) is 11.6 Å². The minimum absolute atomic E-state index is 0.0681. The highest BCUT2D eigenvalue weighted by molar-refractivity contribution is 6.34. The minimum Gasteiger partial charge on any atom is -0.504 e. The molecule has 1 aromatic rings. The van der Waals surface area contributed by atoms with Crippen molar-refractivity contribution in [3.63, 3.8) is 0 Å². The van der Waals surface area contributed by atoms with Gasteiger partial charge in [-0.05, 0) is 19.9 Å². The maximum atomic E-state index is 11.1. The molecule has 0 aliphatic carbocycles. The first-order valence-corrected chi connectivity index (χ1v) is 4.60. The van der Waals surface area contributed by atoms with Crippen LogP contribution in [0.2, 0.25) is 5.02 Å². The Morgan fingerprint density at radius 1 is 1.57 bits per heavy atom. The fourth-order valence-corrected chi connectivity index (χ4v) is 1.37. The monoisotopic (exact) mass is 214 g/mol. The van der Waals surface area contributed by atoms with Crippen molar-refractivity contribution in [1.82, 2.24) is 0 Å². The van der Waals surface area contributed by atoms with Crippen LogP contribution in [0.5, 0.6) is 11.5 Å². The predicted molar refractivity (Wildman–Crippen MR) is 54.3 cm³/mol. The van der Waals surface area contributed by atoms with Gasteiger partial charge in [0.15, 0.2) is 17.3 Å². The molecule has 0 heterocycles. The number of carbonyl (C=O) groups is 1. The number of phenolic OH excluding ortho intramolecular Hbond substituents is 1. The van der Waals surface area contributed by atoms with E-state index >= 15 is 0 Å². The molecule has 0 aromatic heterocycles. The summed E-state index contributed by atoms with van der Waals surface area (Å²) >= 11 is 5.82. The number of carbonyl (C=O) groups excluding carboxylic acids is 1. The maximum Gasteiger partial charge on any atom is 0.162 e. The molecule has 0 atom stereocenters. The second-order valence-electron chi connectivity index (χ2n) is 2.79. The Bertz CT molecular complexity index is 361. The van der Waals surface area contributed by atoms with E-state index in [0.717, 1.165) is 0 Å². The van der Waals surface area contributed by atoms with E-state index in [2.05, 4.69) is 0 Å². The van der Waals surface area contributed by atoms with E-state index in [1.807, 2.05) is 0 Å². The molecule has 0 fully saturated rings. The highest BCUT2D eigenvalue weighted by Crippen LogP contribution is 2.32. The molecule has 14 heavy (non-hydrogen) atoms. The third kappa shape index (κ3) is 2.17. The molecule has 0 bridgehead atoms. The summed E-state index contributed by atoms with van der Waals surface area (Å²) in [5, 5.41) is 9.75. The second kappa shape index (κ2) is 4.33. The van der Waals surface area contributed by atoms with Crippen LogP contribution in [0.25, 0.3) is 0 Å². The zero-order valence-electron chi connectivity index (χ0n) is 8.00. The number of aromatic hydroxyl groups is 1. The van der Waals surface area contributed by atoms with Gasteiger partial charge < -0.3 is 9.84 Å². The molecule has 0 saturated carbocycles. The van der Waals surface area contributed by atoms with E-state index in [9.17, 15) is 9.90 Å². The topological polar surface area (TPSA) is 46.5 Å². The number of rotatable bonds is 3. The number of ether oxygens (including phenoxy) is 1. The van der Waals surface area contributed by atoms with E-state index in [4.69, 9.17) is 16.3 Å². The number of Topliss-reactive ketones (excluding diaryl/α,β-unsaturated/α-hetero) is 1. The van der Waals surface area contributed by atoms with Gasteiger partial charge in [-0.15, -0.1) is 0 Å². The van der Waals surface area contributed by atoms with Gasteiger partial charge in [0.2, 0.25) is 0 Å². The average Bonchev–Trinajstić information content (AvgIpc) is 2.10. The van der Waals surface area contributed by atoms with Crippen molar-refractivity contribution >= 4 is 17.4 Å². The van der Waals surface area contributed by atoms with Gasteiger partial charge in [0.25, 0.3) is 0 Å². The van der Waals surface area contributed by atoms with Crippen LogP contribution in [0.15, 0.2) is 12.1 Å². The molecular formula is C10H11ClO3. The van der Waals surface area contributed by atoms with Gasteiger partial charge in [-0.25, -0.2) is 0 Å². The first kappa shape index (κ1) is 10.9. The molecule has 1 rings (SSSR count). The molecule has 3 nitrogen and oxygen atoms in total. The molecule has 0 unspecified atom stereocenters. The normalized spacial score (nSPS) is 9.93. The van der Waals surface area contributed by atoms with Crippen molar-refractivity contribution in [2.24, 2.45) is 0 Å². The molecule has 1 N–H and O–H groups in total. The van der Waals surface area contributed by atoms with Crippen molar-refractivity contribution < 1.29 is 14.6 Å². The van der Waals surface area contributed by atoms with E-state index in [-0.39, 0.29) is 11.5 Å². The van der Waals surface area contributed by atoms with Crippen LogP contribution in [0.4, 0.5) is 0 Å². The smallest absolute Gasteiger partial charge is 0.162 e. The molecule has 76 valence electrons. The highest BCUT2D eigenvalue weighted by Gasteiger charge is 2.11. The standard InChI is InChI=1S/C10H11ClO3/c1-3-14-10-5-8(11)7(6(2)12)4-9(10)13/h4-5,13H,3H2,1-2H3. The Kier molecular flexibility index (Phi) is 3.36. The lowest BCUT2D eigenvalue weighted by atomic mass is 10.1. The number of halogens is 1. The quantitative estimate of drug-likeness (QED) is 0.787. The maximum absolute atomic E-state index is 11.1. The average molecular weight is 215 g/mol. The van der Waals surface area contributed by atoms with Crippen molar-refractivity contribution in [1.29, 1.82) is 0 Å². The lowest BCUT2D eigenvalue weighted by molar-refractivity contribution is 0.101. The van der Waals surface area contributed by atoms with Gasteiger partial charge in [0.1, 0.15) is 0 Å². The third-order valence-corrected chi connectivity index (χ3v) is 2.04. The Balaban J connectivity index is 3.17. The summed E-state index contributed by atoms with van der Waals surface area (Å²) in [7, 11) is 0. The van der Waals surface area contributed by atoms with Crippen LogP contribution in [0.3, 0.4) is 0 Å². The molecule has 0 saturated heterocycles. The SMILES string of the molecule is CCOc1cc(Cl)c(C(C)=O)cc1O. The molecule has 4 heteroatoms. The van der Waals surface area contributed by atoms with Crippen LogP contribution in [0.1, 0.15) is 24.2 Å². The van der Waals surface area contributed by atoms with Crippen molar-refractivity contribution in [2.45, 2.75) is 13.8 Å². The summed E-state index contributed by atoms with van der Waals surface area (Å²) < 4.78 is 5.11. The Morgan fingerprint density at radius 3 is 2.71 bits per heavy atom. The molecular weight excluding hydrogens is 204 g/mol. The zero-order chi connectivity index (χ0) is 10.7. The van der Waals surface area contributed by atoms with Crippen LogP contribution in [-0.2, 0) is 0 Å². The van der Waals surface area contributed by atoms with E-state index in [0.29, 0.717) is 22.9 Å². The number of hydrogen-bond acceptors (Lipinski definition) is 3. The Hall–Kier alpha value is -1.22. The van der Waals surface area contributed by atoms with Gasteiger partial charge >= 0.3 is 0 Å². The van der Waals surface area contributed by atoms with E-state index in [1.165, 1.54) is 19.1 Å². The van der Waals surface area contributed by atoms with Crippen molar-refractivity contribution in [3.8, 4) is 11.5 Å².